The van der Waals surface area contributed by atoms with Gasteiger partial charge in [0.25, 0.3) is 0 Å². The van der Waals surface area contributed by atoms with E-state index in [4.69, 9.17) is 4.74 Å². The maximum absolute atomic E-state index is 12.4. The Morgan fingerprint density at radius 2 is 2.16 bits per heavy atom. The molecule has 0 aromatic heterocycles. The maximum atomic E-state index is 12.4. The molecule has 5 heteroatoms. The fraction of sp³-hybridized carbons (Fsp3) is 0.929. The van der Waals surface area contributed by atoms with Gasteiger partial charge in [0, 0.05) is 25.7 Å². The molecule has 0 aliphatic carbocycles. The Bertz CT molecular complexity index is 331. The summed E-state index contributed by atoms with van der Waals surface area (Å²) in [6.07, 6.45) is 4.49. The molecule has 3 atom stereocenters. The first-order valence-electron chi connectivity index (χ1n) is 7.57. The van der Waals surface area contributed by atoms with Crippen LogP contribution in [0.2, 0.25) is 0 Å². The Morgan fingerprint density at radius 1 is 1.26 bits per heavy atom. The number of nitrogens with one attached hydrogen (secondary N) is 1. The van der Waals surface area contributed by atoms with E-state index in [0.717, 1.165) is 45.5 Å². The van der Waals surface area contributed by atoms with Crippen molar-refractivity contribution >= 4 is 6.03 Å². The predicted octanol–water partition coefficient (Wildman–Crippen LogP) is 0.901. The number of carbonyl (C=O) groups excluding carboxylic acids is 1. The van der Waals surface area contributed by atoms with Gasteiger partial charge in [0.05, 0.1) is 12.6 Å². The Kier molecular flexibility index (Phi) is 3.93. The van der Waals surface area contributed by atoms with Crippen molar-refractivity contribution in [3.05, 3.63) is 0 Å². The minimum Gasteiger partial charge on any atom is -0.379 e. The molecule has 108 valence electrons. The van der Waals surface area contributed by atoms with Gasteiger partial charge in [0.1, 0.15) is 0 Å². The summed E-state index contributed by atoms with van der Waals surface area (Å²) in [5.74, 6) is 0.665. The third-order valence-electron chi connectivity index (χ3n) is 4.79. The summed E-state index contributed by atoms with van der Waals surface area (Å²) >= 11 is 0. The van der Waals surface area contributed by atoms with Gasteiger partial charge in [-0.2, -0.15) is 0 Å². The number of rotatable bonds is 1. The van der Waals surface area contributed by atoms with Crippen molar-refractivity contribution in [2.45, 2.75) is 37.8 Å². The summed E-state index contributed by atoms with van der Waals surface area (Å²) in [6.45, 7) is 4.63. The zero-order valence-electron chi connectivity index (χ0n) is 11.8. The summed E-state index contributed by atoms with van der Waals surface area (Å²) in [4.78, 5) is 16.9. The number of piperidine rings is 2. The maximum Gasteiger partial charge on any atom is 0.317 e. The molecule has 5 nitrogen and oxygen atoms in total. The molecule has 3 rings (SSSR count). The third kappa shape index (κ3) is 2.87. The average Bonchev–Trinajstić information content (AvgIpc) is 2.90. The quantitative estimate of drug-likeness (QED) is 0.768. The van der Waals surface area contributed by atoms with Gasteiger partial charge >= 0.3 is 6.03 Å². The zero-order chi connectivity index (χ0) is 13.2. The van der Waals surface area contributed by atoms with Crippen LogP contribution in [0.15, 0.2) is 0 Å². The van der Waals surface area contributed by atoms with E-state index in [1.165, 1.54) is 6.42 Å². The van der Waals surface area contributed by atoms with Crippen LogP contribution in [-0.4, -0.2) is 67.8 Å². The van der Waals surface area contributed by atoms with Crippen molar-refractivity contribution in [1.29, 1.82) is 0 Å². The molecule has 3 fully saturated rings. The first-order chi connectivity index (χ1) is 9.24. The molecular formula is C14H25N3O2. The van der Waals surface area contributed by atoms with Crippen LogP contribution in [0.5, 0.6) is 0 Å². The highest BCUT2D eigenvalue weighted by molar-refractivity contribution is 5.75. The van der Waals surface area contributed by atoms with Crippen LogP contribution in [0, 0.1) is 5.92 Å². The number of amides is 2. The van der Waals surface area contributed by atoms with E-state index >= 15 is 0 Å². The molecule has 0 aromatic carbocycles. The van der Waals surface area contributed by atoms with Crippen LogP contribution in [0.4, 0.5) is 4.79 Å². The van der Waals surface area contributed by atoms with Gasteiger partial charge in [0.2, 0.25) is 0 Å². The van der Waals surface area contributed by atoms with Crippen LogP contribution in [0.3, 0.4) is 0 Å². The summed E-state index contributed by atoms with van der Waals surface area (Å²) < 4.78 is 5.33. The Morgan fingerprint density at radius 3 is 2.95 bits per heavy atom. The second-order valence-electron chi connectivity index (χ2n) is 6.22. The van der Waals surface area contributed by atoms with Crippen LogP contribution < -0.4 is 5.32 Å². The first kappa shape index (κ1) is 13.2. The van der Waals surface area contributed by atoms with Gasteiger partial charge < -0.3 is 19.9 Å². The van der Waals surface area contributed by atoms with Crippen molar-refractivity contribution in [1.82, 2.24) is 15.1 Å². The smallest absolute Gasteiger partial charge is 0.317 e. The summed E-state index contributed by atoms with van der Waals surface area (Å²) in [6, 6.07) is 0.807. The van der Waals surface area contributed by atoms with E-state index in [1.807, 2.05) is 0 Å². The highest BCUT2D eigenvalue weighted by Crippen LogP contribution is 2.30. The second-order valence-corrected chi connectivity index (χ2v) is 6.22. The molecule has 1 N–H and O–H groups in total. The Labute approximate surface area is 115 Å². The number of nitrogens with zero attached hydrogens (tertiary/aromatic N) is 2. The van der Waals surface area contributed by atoms with Gasteiger partial charge in [-0.25, -0.2) is 4.79 Å². The molecular weight excluding hydrogens is 242 g/mol. The van der Waals surface area contributed by atoms with E-state index in [2.05, 4.69) is 22.2 Å². The van der Waals surface area contributed by atoms with Gasteiger partial charge in [-0.1, -0.05) is 0 Å². The SMILES string of the molecule is CN1CC[C@@H]2[C@@H](CCCN2C(=O)N[C@@H]2CCOC2)C1. The van der Waals surface area contributed by atoms with Gasteiger partial charge in [-0.15, -0.1) is 0 Å². The second kappa shape index (κ2) is 5.67. The minimum atomic E-state index is 0.134. The largest absolute Gasteiger partial charge is 0.379 e. The number of urea groups is 1. The molecule has 0 unspecified atom stereocenters. The highest BCUT2D eigenvalue weighted by atomic mass is 16.5. The average molecular weight is 267 g/mol. The third-order valence-corrected chi connectivity index (χ3v) is 4.79. The van der Waals surface area contributed by atoms with Crippen molar-refractivity contribution in [2.24, 2.45) is 5.92 Å². The fourth-order valence-corrected chi connectivity index (χ4v) is 3.74. The molecule has 19 heavy (non-hydrogen) atoms. The van der Waals surface area contributed by atoms with Crippen LogP contribution >= 0.6 is 0 Å². The number of ether oxygens (including phenoxy) is 1. The lowest BCUT2D eigenvalue weighted by Gasteiger charge is -2.46. The van der Waals surface area contributed by atoms with E-state index in [0.29, 0.717) is 18.6 Å². The van der Waals surface area contributed by atoms with Crippen molar-refractivity contribution < 1.29 is 9.53 Å². The molecule has 0 saturated carbocycles. The lowest BCUT2D eigenvalue weighted by molar-refractivity contribution is 0.0521. The topological polar surface area (TPSA) is 44.8 Å². The van der Waals surface area contributed by atoms with Gasteiger partial charge in [-0.3, -0.25) is 0 Å². The normalized spacial score (nSPS) is 36.1. The molecule has 0 aromatic rings. The van der Waals surface area contributed by atoms with E-state index < -0.39 is 0 Å². The number of hydrogen-bond acceptors (Lipinski definition) is 3. The number of likely N-dealkylation sites (tertiary alicyclic amines) is 2. The molecule has 0 bridgehead atoms. The van der Waals surface area contributed by atoms with Gasteiger partial charge in [-0.05, 0) is 45.2 Å². The van der Waals surface area contributed by atoms with Gasteiger partial charge in [0.15, 0.2) is 0 Å². The van der Waals surface area contributed by atoms with Crippen molar-refractivity contribution in [3.63, 3.8) is 0 Å². The van der Waals surface area contributed by atoms with E-state index in [9.17, 15) is 4.79 Å². The minimum absolute atomic E-state index is 0.134. The van der Waals surface area contributed by atoms with Crippen LogP contribution in [0.25, 0.3) is 0 Å². The lowest BCUT2D eigenvalue weighted by Crippen LogP contribution is -2.58. The van der Waals surface area contributed by atoms with E-state index in [1.54, 1.807) is 0 Å². The Hall–Kier alpha value is -0.810. The molecule has 3 heterocycles. The summed E-state index contributed by atoms with van der Waals surface area (Å²) in [5, 5.41) is 3.14. The summed E-state index contributed by atoms with van der Waals surface area (Å²) in [5.41, 5.74) is 0. The highest BCUT2D eigenvalue weighted by Gasteiger charge is 2.37. The van der Waals surface area contributed by atoms with E-state index in [-0.39, 0.29) is 12.1 Å². The molecule has 3 aliphatic rings. The fourth-order valence-electron chi connectivity index (χ4n) is 3.74. The van der Waals surface area contributed by atoms with Crippen LogP contribution in [-0.2, 0) is 4.74 Å². The molecule has 2 amide bonds. The number of fused-ring (bicyclic) bond motifs is 1. The monoisotopic (exact) mass is 267 g/mol. The molecule has 0 spiro atoms. The van der Waals surface area contributed by atoms with Crippen molar-refractivity contribution in [3.8, 4) is 0 Å². The molecule has 0 radical (unpaired) electrons. The Balaban J connectivity index is 1.60. The zero-order valence-corrected chi connectivity index (χ0v) is 11.8. The lowest BCUT2D eigenvalue weighted by atomic mass is 9.84. The standard InChI is InChI=1S/C14H25N3O2/c1-16-7-4-13-11(9-16)3-2-6-17(13)14(18)15-12-5-8-19-10-12/h11-13H,2-10H2,1H3,(H,15,18)/t11-,12+,13+/m0/s1. The number of carbonyl (C=O) groups is 1. The van der Waals surface area contributed by atoms with Crippen molar-refractivity contribution in [2.75, 3.05) is 39.9 Å². The first-order valence-corrected chi connectivity index (χ1v) is 7.57. The van der Waals surface area contributed by atoms with Crippen LogP contribution in [0.1, 0.15) is 25.7 Å². The summed E-state index contributed by atoms with van der Waals surface area (Å²) in [7, 11) is 2.19. The predicted molar refractivity (Wildman–Crippen MR) is 73.1 cm³/mol. The number of hydrogen-bond donors (Lipinski definition) is 1. The molecule has 3 saturated heterocycles. The molecule has 3 aliphatic heterocycles.